The SMILES string of the molecule is CCOC(=O)c1c(NC(=O)CSc2nnc(CNC(=O)c3ccccc3F)n2-c2cccc(C(F)(F)F)c2)sc2c1CCC2. The summed E-state index contributed by atoms with van der Waals surface area (Å²) < 4.78 is 61.2. The van der Waals surface area contributed by atoms with Crippen molar-refractivity contribution in [1.29, 1.82) is 0 Å². The van der Waals surface area contributed by atoms with Gasteiger partial charge in [0.25, 0.3) is 5.91 Å². The molecule has 0 radical (unpaired) electrons. The molecule has 0 spiro atoms. The van der Waals surface area contributed by atoms with E-state index in [9.17, 15) is 31.9 Å². The van der Waals surface area contributed by atoms with Crippen molar-refractivity contribution in [1.82, 2.24) is 20.1 Å². The number of rotatable bonds is 10. The van der Waals surface area contributed by atoms with Crippen LogP contribution in [0.15, 0.2) is 53.7 Å². The van der Waals surface area contributed by atoms with Crippen LogP contribution in [-0.2, 0) is 35.1 Å². The molecular weight excluding hydrogens is 622 g/mol. The van der Waals surface area contributed by atoms with Gasteiger partial charge in [-0.15, -0.1) is 21.5 Å². The Morgan fingerprint density at radius 2 is 1.89 bits per heavy atom. The van der Waals surface area contributed by atoms with Crippen LogP contribution in [0.4, 0.5) is 22.6 Å². The maximum atomic E-state index is 14.1. The molecule has 0 saturated carbocycles. The van der Waals surface area contributed by atoms with E-state index in [0.717, 1.165) is 53.2 Å². The summed E-state index contributed by atoms with van der Waals surface area (Å²) in [5.74, 6) is -2.65. The Bertz CT molecular complexity index is 1720. The van der Waals surface area contributed by atoms with Crippen molar-refractivity contribution >= 4 is 45.9 Å². The first-order chi connectivity index (χ1) is 21.1. The number of anilines is 1. The van der Waals surface area contributed by atoms with Crippen molar-refractivity contribution in [2.45, 2.75) is 44.1 Å². The molecule has 0 aliphatic heterocycles. The predicted octanol–water partition coefficient (Wildman–Crippen LogP) is 5.81. The van der Waals surface area contributed by atoms with E-state index in [1.165, 1.54) is 46.2 Å². The highest BCUT2D eigenvalue weighted by atomic mass is 32.2. The first-order valence-electron chi connectivity index (χ1n) is 13.5. The molecule has 4 aromatic rings. The lowest BCUT2D eigenvalue weighted by atomic mass is 10.1. The second-order valence-corrected chi connectivity index (χ2v) is 11.6. The second kappa shape index (κ2) is 13.2. The average Bonchev–Trinajstić information content (AvgIpc) is 3.69. The number of aryl methyl sites for hydroxylation is 1. The summed E-state index contributed by atoms with van der Waals surface area (Å²) in [6.07, 6.45) is -2.21. The van der Waals surface area contributed by atoms with Gasteiger partial charge in [0.1, 0.15) is 10.8 Å². The minimum Gasteiger partial charge on any atom is -0.462 e. The Labute approximate surface area is 257 Å². The molecule has 0 unspecified atom stereocenters. The summed E-state index contributed by atoms with van der Waals surface area (Å²) in [7, 11) is 0. The third-order valence-corrected chi connectivity index (χ3v) is 8.78. The maximum absolute atomic E-state index is 14.1. The van der Waals surface area contributed by atoms with Crippen LogP contribution in [0.5, 0.6) is 0 Å². The van der Waals surface area contributed by atoms with E-state index >= 15 is 0 Å². The number of aromatic nitrogens is 3. The minimum atomic E-state index is -4.63. The van der Waals surface area contributed by atoms with Crippen LogP contribution in [0.1, 0.15) is 55.9 Å². The molecule has 0 saturated heterocycles. The Morgan fingerprint density at radius 3 is 2.64 bits per heavy atom. The Morgan fingerprint density at radius 1 is 1.09 bits per heavy atom. The van der Waals surface area contributed by atoms with Crippen LogP contribution >= 0.6 is 23.1 Å². The van der Waals surface area contributed by atoms with Crippen LogP contribution in [0.3, 0.4) is 0 Å². The fourth-order valence-corrected chi connectivity index (χ4v) is 6.76. The summed E-state index contributed by atoms with van der Waals surface area (Å²) in [5, 5.41) is 13.8. The number of hydrogen-bond acceptors (Lipinski definition) is 8. The molecule has 15 heteroatoms. The molecule has 1 aliphatic rings. The molecule has 2 amide bonds. The lowest BCUT2D eigenvalue weighted by Crippen LogP contribution is -2.25. The second-order valence-electron chi connectivity index (χ2n) is 9.56. The van der Waals surface area contributed by atoms with E-state index in [1.807, 2.05) is 0 Å². The molecule has 5 rings (SSSR count). The number of nitrogens with one attached hydrogen (secondary N) is 2. The van der Waals surface area contributed by atoms with Crippen molar-refractivity contribution in [3.63, 3.8) is 0 Å². The van der Waals surface area contributed by atoms with Crippen molar-refractivity contribution in [2.75, 3.05) is 17.7 Å². The Balaban J connectivity index is 1.38. The Hall–Kier alpha value is -4.24. The van der Waals surface area contributed by atoms with E-state index in [4.69, 9.17) is 4.74 Å². The number of halogens is 4. The van der Waals surface area contributed by atoms with Gasteiger partial charge >= 0.3 is 12.1 Å². The van der Waals surface area contributed by atoms with E-state index in [2.05, 4.69) is 20.8 Å². The van der Waals surface area contributed by atoms with E-state index < -0.39 is 35.3 Å². The molecule has 0 fully saturated rings. The molecular formula is C29H25F4N5O4S2. The van der Waals surface area contributed by atoms with E-state index in [1.54, 1.807) is 6.92 Å². The molecule has 2 aromatic carbocycles. The number of fused-ring (bicyclic) bond motifs is 1. The number of thioether (sulfide) groups is 1. The van der Waals surface area contributed by atoms with Crippen LogP contribution in [0.25, 0.3) is 5.69 Å². The summed E-state index contributed by atoms with van der Waals surface area (Å²) in [6.45, 7) is 1.58. The predicted molar refractivity (Wildman–Crippen MR) is 156 cm³/mol. The lowest BCUT2D eigenvalue weighted by Gasteiger charge is -2.14. The Kier molecular flexibility index (Phi) is 9.34. The highest BCUT2D eigenvalue weighted by Gasteiger charge is 2.31. The fraction of sp³-hybridized carbons (Fsp3) is 0.276. The highest BCUT2D eigenvalue weighted by molar-refractivity contribution is 7.99. The van der Waals surface area contributed by atoms with Crippen molar-refractivity contribution in [3.05, 3.63) is 87.3 Å². The largest absolute Gasteiger partial charge is 0.462 e. The number of nitrogens with zero attached hydrogens (tertiary/aromatic N) is 3. The number of alkyl halides is 3. The first kappa shape index (κ1) is 31.2. The van der Waals surface area contributed by atoms with Gasteiger partial charge in [-0.25, -0.2) is 9.18 Å². The number of carbonyl (C=O) groups is 3. The normalized spacial score (nSPS) is 12.6. The summed E-state index contributed by atoms with van der Waals surface area (Å²) >= 11 is 2.22. The van der Waals surface area contributed by atoms with Gasteiger partial charge < -0.3 is 15.4 Å². The zero-order valence-electron chi connectivity index (χ0n) is 23.2. The average molecular weight is 648 g/mol. The number of ether oxygens (including phenoxy) is 1. The molecule has 44 heavy (non-hydrogen) atoms. The van der Waals surface area contributed by atoms with Crippen LogP contribution in [0.2, 0.25) is 0 Å². The van der Waals surface area contributed by atoms with Gasteiger partial charge in [0, 0.05) is 4.88 Å². The van der Waals surface area contributed by atoms with Gasteiger partial charge in [0.15, 0.2) is 11.0 Å². The van der Waals surface area contributed by atoms with Crippen LogP contribution in [0, 0.1) is 5.82 Å². The first-order valence-corrected chi connectivity index (χ1v) is 15.3. The van der Waals surface area contributed by atoms with E-state index in [-0.39, 0.29) is 41.1 Å². The summed E-state index contributed by atoms with van der Waals surface area (Å²) in [6, 6.07) is 9.76. The molecule has 2 heterocycles. The van der Waals surface area contributed by atoms with Gasteiger partial charge in [-0.05, 0) is 62.1 Å². The summed E-state index contributed by atoms with van der Waals surface area (Å²) in [5.41, 5.74) is 0.134. The molecule has 2 aromatic heterocycles. The number of amides is 2. The quantitative estimate of drug-likeness (QED) is 0.127. The van der Waals surface area contributed by atoms with Crippen molar-refractivity contribution < 1.29 is 36.7 Å². The molecule has 230 valence electrons. The molecule has 0 bridgehead atoms. The minimum absolute atomic E-state index is 0.0437. The van der Waals surface area contributed by atoms with Gasteiger partial charge in [-0.3, -0.25) is 14.2 Å². The number of thiophene rings is 1. The third kappa shape index (κ3) is 6.78. The number of hydrogen-bond donors (Lipinski definition) is 2. The third-order valence-electron chi connectivity index (χ3n) is 6.64. The van der Waals surface area contributed by atoms with Gasteiger partial charge in [-0.2, -0.15) is 13.2 Å². The molecule has 2 N–H and O–H groups in total. The lowest BCUT2D eigenvalue weighted by molar-refractivity contribution is -0.137. The van der Waals surface area contributed by atoms with Crippen LogP contribution < -0.4 is 10.6 Å². The zero-order chi connectivity index (χ0) is 31.4. The van der Waals surface area contributed by atoms with Gasteiger partial charge in [0.05, 0.1) is 41.3 Å². The highest BCUT2D eigenvalue weighted by Crippen LogP contribution is 2.40. The fourth-order valence-electron chi connectivity index (χ4n) is 4.69. The van der Waals surface area contributed by atoms with E-state index in [0.29, 0.717) is 17.0 Å². The smallest absolute Gasteiger partial charge is 0.416 e. The standard InChI is InChI=1S/C29H25F4N5O4S2/c1-2-42-27(41)24-19-10-6-12-21(19)44-26(24)35-23(39)15-43-28-37-36-22(14-34-25(40)18-9-3-4-11-20(18)30)38(28)17-8-5-7-16(13-17)29(31,32)33/h3-5,7-9,11,13H,2,6,10,12,14-15H2,1H3,(H,34,40)(H,35,39). The maximum Gasteiger partial charge on any atom is 0.416 e. The molecule has 0 atom stereocenters. The summed E-state index contributed by atoms with van der Waals surface area (Å²) in [4.78, 5) is 39.3. The van der Waals surface area contributed by atoms with Crippen LogP contribution in [-0.4, -0.2) is 44.9 Å². The van der Waals surface area contributed by atoms with Gasteiger partial charge in [-0.1, -0.05) is 30.0 Å². The number of esters is 1. The van der Waals surface area contributed by atoms with Crippen molar-refractivity contribution in [2.24, 2.45) is 0 Å². The number of carbonyl (C=O) groups excluding carboxylic acids is 3. The number of benzene rings is 2. The van der Waals surface area contributed by atoms with Gasteiger partial charge in [0.2, 0.25) is 5.91 Å². The molecule has 1 aliphatic carbocycles. The monoisotopic (exact) mass is 647 g/mol. The zero-order valence-corrected chi connectivity index (χ0v) is 24.8. The molecule has 9 nitrogen and oxygen atoms in total. The van der Waals surface area contributed by atoms with Crippen molar-refractivity contribution in [3.8, 4) is 5.69 Å². The topological polar surface area (TPSA) is 115 Å².